The summed E-state index contributed by atoms with van der Waals surface area (Å²) in [6.45, 7) is 0.805. The number of nitrogens with one attached hydrogen (secondary N) is 3. The lowest BCUT2D eigenvalue weighted by Crippen LogP contribution is -2.33. The lowest BCUT2D eigenvalue weighted by Gasteiger charge is -2.05. The van der Waals surface area contributed by atoms with Gasteiger partial charge in [-0.3, -0.25) is 5.10 Å². The van der Waals surface area contributed by atoms with Crippen molar-refractivity contribution in [1.82, 2.24) is 20.8 Å². The van der Waals surface area contributed by atoms with Crippen LogP contribution in [0.4, 0.5) is 0 Å². The summed E-state index contributed by atoms with van der Waals surface area (Å²) in [7, 11) is 1.78. The summed E-state index contributed by atoms with van der Waals surface area (Å²) < 4.78 is 0. The molecule has 0 saturated heterocycles. The molecule has 1 heterocycles. The van der Waals surface area contributed by atoms with Gasteiger partial charge < -0.3 is 15.7 Å². The van der Waals surface area contributed by atoms with Crippen LogP contribution in [0.25, 0.3) is 0 Å². The Morgan fingerprint density at radius 2 is 2.53 bits per heavy atom. The van der Waals surface area contributed by atoms with E-state index in [2.05, 4.69) is 20.8 Å². The highest BCUT2D eigenvalue weighted by Gasteiger charge is 2.02. The fourth-order valence-corrected chi connectivity index (χ4v) is 1.82. The molecule has 0 saturated carbocycles. The Morgan fingerprint density at radius 3 is 3.13 bits per heavy atom. The first-order valence-corrected chi connectivity index (χ1v) is 6.05. The lowest BCUT2D eigenvalue weighted by molar-refractivity contribution is 0.471. The topological polar surface area (TPSA) is 73.0 Å². The smallest absolute Gasteiger partial charge is 0.166 e. The van der Waals surface area contributed by atoms with Crippen LogP contribution in [0, 0.1) is 0 Å². The molecule has 0 fully saturated rings. The Kier molecular flexibility index (Phi) is 5.27. The third kappa shape index (κ3) is 4.39. The molecule has 0 unspecified atom stereocenters. The minimum atomic E-state index is 0.223. The predicted molar refractivity (Wildman–Crippen MR) is 66.1 cm³/mol. The summed E-state index contributed by atoms with van der Waals surface area (Å²) in [5.74, 6) is 1.86. The first kappa shape index (κ1) is 12.1. The Morgan fingerprint density at radius 1 is 1.73 bits per heavy atom. The van der Waals surface area contributed by atoms with Crippen molar-refractivity contribution in [2.24, 2.45) is 0 Å². The molecule has 1 aromatic rings. The Labute approximate surface area is 98.0 Å². The van der Waals surface area contributed by atoms with E-state index in [9.17, 15) is 5.11 Å². The summed E-state index contributed by atoms with van der Waals surface area (Å²) in [4.78, 5) is 0. The van der Waals surface area contributed by atoms with E-state index in [-0.39, 0.29) is 5.75 Å². The van der Waals surface area contributed by atoms with Crippen molar-refractivity contribution in [2.45, 2.75) is 5.75 Å². The number of thioether (sulfide) groups is 1. The SMILES string of the molecule is CNC(=S)NCCSCc1[nH]ncc1O. The highest BCUT2D eigenvalue weighted by molar-refractivity contribution is 7.98. The Bertz CT molecular complexity index is 315. The third-order valence-electron chi connectivity index (χ3n) is 1.70. The predicted octanol–water partition coefficient (Wildman–Crippen LogP) is 0.442. The minimum Gasteiger partial charge on any atom is -0.504 e. The van der Waals surface area contributed by atoms with Crippen LogP contribution in [0.3, 0.4) is 0 Å². The van der Waals surface area contributed by atoms with Gasteiger partial charge in [-0.05, 0) is 12.2 Å². The number of aromatic amines is 1. The van der Waals surface area contributed by atoms with Gasteiger partial charge in [0.05, 0.1) is 11.9 Å². The molecule has 0 aliphatic carbocycles. The Hall–Kier alpha value is -0.950. The van der Waals surface area contributed by atoms with E-state index in [0.29, 0.717) is 5.11 Å². The van der Waals surface area contributed by atoms with E-state index < -0.39 is 0 Å². The molecule has 0 atom stereocenters. The molecule has 0 bridgehead atoms. The van der Waals surface area contributed by atoms with E-state index in [1.807, 2.05) is 0 Å². The average Bonchev–Trinajstić information content (AvgIpc) is 2.63. The van der Waals surface area contributed by atoms with E-state index >= 15 is 0 Å². The maximum absolute atomic E-state index is 9.28. The van der Waals surface area contributed by atoms with Crippen molar-refractivity contribution in [3.63, 3.8) is 0 Å². The van der Waals surface area contributed by atoms with Crippen LogP contribution < -0.4 is 10.6 Å². The van der Waals surface area contributed by atoms with Gasteiger partial charge in [-0.15, -0.1) is 0 Å². The zero-order valence-electron chi connectivity index (χ0n) is 8.41. The number of H-pyrrole nitrogens is 1. The zero-order valence-corrected chi connectivity index (χ0v) is 10.0. The summed E-state index contributed by atoms with van der Waals surface area (Å²) in [5.41, 5.74) is 0.760. The molecule has 0 aromatic carbocycles. The molecule has 0 aliphatic heterocycles. The van der Waals surface area contributed by atoms with Crippen LogP contribution in [-0.4, -0.2) is 39.8 Å². The molecule has 15 heavy (non-hydrogen) atoms. The normalized spacial score (nSPS) is 9.93. The third-order valence-corrected chi connectivity index (χ3v) is 3.04. The summed E-state index contributed by atoms with van der Waals surface area (Å²) >= 11 is 6.61. The van der Waals surface area contributed by atoms with E-state index in [4.69, 9.17) is 12.2 Å². The molecule has 1 aromatic heterocycles. The van der Waals surface area contributed by atoms with Gasteiger partial charge in [0.2, 0.25) is 0 Å². The van der Waals surface area contributed by atoms with Crippen LogP contribution in [0.5, 0.6) is 5.75 Å². The fraction of sp³-hybridized carbons (Fsp3) is 0.500. The molecule has 5 nitrogen and oxygen atoms in total. The minimum absolute atomic E-state index is 0.223. The molecule has 84 valence electrons. The Balaban J connectivity index is 2.07. The van der Waals surface area contributed by atoms with Crippen LogP contribution in [0.2, 0.25) is 0 Å². The molecule has 7 heteroatoms. The van der Waals surface area contributed by atoms with Gasteiger partial charge in [0.1, 0.15) is 0 Å². The van der Waals surface area contributed by atoms with E-state index in [0.717, 1.165) is 23.7 Å². The standard InChI is InChI=1S/C8H14N4OS2/c1-9-8(14)10-2-3-15-5-6-7(13)4-11-12-6/h4,13H,2-3,5H2,1H3,(H,11,12)(H2,9,10,14). The summed E-state index contributed by atoms with van der Waals surface area (Å²) in [5, 5.41) is 22.3. The number of aromatic hydroxyl groups is 1. The van der Waals surface area contributed by atoms with Crippen LogP contribution in [0.15, 0.2) is 6.20 Å². The second-order valence-corrected chi connectivity index (χ2v) is 4.31. The van der Waals surface area contributed by atoms with Gasteiger partial charge in [-0.25, -0.2) is 0 Å². The second kappa shape index (κ2) is 6.52. The van der Waals surface area contributed by atoms with Crippen molar-refractivity contribution >= 4 is 29.1 Å². The molecular formula is C8H14N4OS2. The number of hydrogen-bond donors (Lipinski definition) is 4. The highest BCUT2D eigenvalue weighted by atomic mass is 32.2. The van der Waals surface area contributed by atoms with E-state index in [1.165, 1.54) is 6.20 Å². The van der Waals surface area contributed by atoms with Crippen LogP contribution in [0.1, 0.15) is 5.69 Å². The lowest BCUT2D eigenvalue weighted by atomic mass is 10.5. The van der Waals surface area contributed by atoms with Gasteiger partial charge in [-0.1, -0.05) is 0 Å². The number of nitrogens with zero attached hydrogens (tertiary/aromatic N) is 1. The molecular weight excluding hydrogens is 232 g/mol. The largest absolute Gasteiger partial charge is 0.504 e. The number of aromatic nitrogens is 2. The van der Waals surface area contributed by atoms with Gasteiger partial charge in [0.25, 0.3) is 0 Å². The molecule has 0 amide bonds. The molecule has 4 N–H and O–H groups in total. The maximum Gasteiger partial charge on any atom is 0.166 e. The summed E-state index contributed by atoms with van der Waals surface area (Å²) in [6, 6.07) is 0. The average molecular weight is 246 g/mol. The number of hydrogen-bond acceptors (Lipinski definition) is 4. The number of rotatable bonds is 5. The highest BCUT2D eigenvalue weighted by Crippen LogP contribution is 2.18. The van der Waals surface area contributed by atoms with Crippen molar-refractivity contribution in [2.75, 3.05) is 19.3 Å². The summed E-state index contributed by atoms with van der Waals surface area (Å²) in [6.07, 6.45) is 1.41. The monoisotopic (exact) mass is 246 g/mol. The van der Waals surface area contributed by atoms with Crippen molar-refractivity contribution in [3.8, 4) is 5.75 Å². The fourth-order valence-electron chi connectivity index (χ4n) is 0.912. The second-order valence-electron chi connectivity index (χ2n) is 2.79. The number of thiocarbonyl (C=S) groups is 1. The molecule has 1 rings (SSSR count). The van der Waals surface area contributed by atoms with Crippen LogP contribution >= 0.6 is 24.0 Å². The van der Waals surface area contributed by atoms with Crippen molar-refractivity contribution < 1.29 is 5.11 Å². The van der Waals surface area contributed by atoms with Gasteiger partial charge >= 0.3 is 0 Å². The first-order chi connectivity index (χ1) is 7.24. The van der Waals surface area contributed by atoms with Crippen LogP contribution in [-0.2, 0) is 5.75 Å². The van der Waals surface area contributed by atoms with Crippen molar-refractivity contribution in [3.05, 3.63) is 11.9 Å². The molecule has 0 radical (unpaired) electrons. The molecule has 0 aliphatic rings. The van der Waals surface area contributed by atoms with Gasteiger partial charge in [0.15, 0.2) is 10.9 Å². The molecule has 0 spiro atoms. The van der Waals surface area contributed by atoms with Gasteiger partial charge in [-0.2, -0.15) is 16.9 Å². The zero-order chi connectivity index (χ0) is 11.1. The van der Waals surface area contributed by atoms with Crippen molar-refractivity contribution in [1.29, 1.82) is 0 Å². The maximum atomic E-state index is 9.28. The van der Waals surface area contributed by atoms with Gasteiger partial charge in [0, 0.05) is 25.1 Å². The quantitative estimate of drug-likeness (QED) is 0.446. The first-order valence-electron chi connectivity index (χ1n) is 4.48. The van der Waals surface area contributed by atoms with E-state index in [1.54, 1.807) is 18.8 Å².